The summed E-state index contributed by atoms with van der Waals surface area (Å²) in [5.74, 6) is -0.173. The number of hydrogen-bond acceptors (Lipinski definition) is 4. The van der Waals surface area contributed by atoms with Crippen molar-refractivity contribution in [3.63, 3.8) is 0 Å². The van der Waals surface area contributed by atoms with Gasteiger partial charge in [-0.15, -0.1) is 0 Å². The van der Waals surface area contributed by atoms with Crippen LogP contribution >= 0.6 is 15.0 Å². The number of carbonyl (C=O) groups excluding carboxylic acids is 2. The SMILES string of the molecule is CC(C)(CCC(=O)CCCC(=O)CCC(C)(C)P(N)(=O)O)P(N)(=O)O. The minimum absolute atomic E-state index is 0.0866. The van der Waals surface area contributed by atoms with Gasteiger partial charge < -0.3 is 9.79 Å². The molecular formula is C15H32N2O6P2. The molecule has 2 unspecified atom stereocenters. The van der Waals surface area contributed by atoms with Crippen molar-refractivity contribution in [1.82, 2.24) is 0 Å². The quantitative estimate of drug-likeness (QED) is 0.365. The molecule has 0 bridgehead atoms. The lowest BCUT2D eigenvalue weighted by atomic mass is 9.99. The van der Waals surface area contributed by atoms with Gasteiger partial charge in [-0.1, -0.05) is 0 Å². The summed E-state index contributed by atoms with van der Waals surface area (Å²) < 4.78 is 23.0. The molecule has 8 nitrogen and oxygen atoms in total. The van der Waals surface area contributed by atoms with Gasteiger partial charge in [-0.2, -0.15) is 0 Å². The van der Waals surface area contributed by atoms with Crippen LogP contribution in [0.25, 0.3) is 0 Å². The number of rotatable bonds is 12. The van der Waals surface area contributed by atoms with Crippen LogP contribution in [0.4, 0.5) is 0 Å². The summed E-state index contributed by atoms with van der Waals surface area (Å²) in [7, 11) is -7.53. The van der Waals surface area contributed by atoms with Crippen LogP contribution in [0.1, 0.15) is 72.6 Å². The summed E-state index contributed by atoms with van der Waals surface area (Å²) in [6.45, 7) is 6.18. The Morgan fingerprint density at radius 3 is 1.28 bits per heavy atom. The molecule has 0 rings (SSSR count). The lowest BCUT2D eigenvalue weighted by molar-refractivity contribution is -0.120. The Morgan fingerprint density at radius 2 is 1.04 bits per heavy atom. The van der Waals surface area contributed by atoms with E-state index in [0.717, 1.165) is 0 Å². The van der Waals surface area contributed by atoms with Gasteiger partial charge in [0, 0.05) is 25.7 Å². The Kier molecular flexibility index (Phi) is 8.90. The van der Waals surface area contributed by atoms with Crippen LogP contribution in [-0.4, -0.2) is 31.7 Å². The van der Waals surface area contributed by atoms with E-state index in [0.29, 0.717) is 6.42 Å². The fraction of sp³-hybridized carbons (Fsp3) is 0.867. The van der Waals surface area contributed by atoms with Gasteiger partial charge in [0.2, 0.25) is 0 Å². The van der Waals surface area contributed by atoms with Crippen LogP contribution < -0.4 is 11.0 Å². The Bertz CT molecular complexity index is 527. The van der Waals surface area contributed by atoms with Crippen molar-refractivity contribution >= 4 is 26.6 Å². The van der Waals surface area contributed by atoms with Crippen LogP contribution in [0.15, 0.2) is 0 Å². The molecule has 0 amide bonds. The minimum atomic E-state index is -3.77. The third kappa shape index (κ3) is 8.72. The van der Waals surface area contributed by atoms with Crippen molar-refractivity contribution in [2.24, 2.45) is 11.0 Å². The van der Waals surface area contributed by atoms with Crippen molar-refractivity contribution in [3.05, 3.63) is 0 Å². The molecule has 0 aliphatic rings. The van der Waals surface area contributed by atoms with Gasteiger partial charge in [0.15, 0.2) is 0 Å². The van der Waals surface area contributed by atoms with Gasteiger partial charge in [-0.25, -0.2) is 0 Å². The number of Topliss-reactive ketones (excluding diaryl/α,β-unsaturated/α-hetero) is 2. The molecule has 0 saturated heterocycles. The molecule has 0 fully saturated rings. The first-order valence-corrected chi connectivity index (χ1v) is 11.7. The van der Waals surface area contributed by atoms with E-state index in [1.165, 1.54) is 0 Å². The average molecular weight is 398 g/mol. The van der Waals surface area contributed by atoms with Gasteiger partial charge in [-0.3, -0.25) is 29.7 Å². The van der Waals surface area contributed by atoms with Crippen LogP contribution in [0.3, 0.4) is 0 Å². The Labute approximate surface area is 149 Å². The fourth-order valence-electron chi connectivity index (χ4n) is 1.94. The molecule has 0 radical (unpaired) electrons. The highest BCUT2D eigenvalue weighted by atomic mass is 31.2. The van der Waals surface area contributed by atoms with Gasteiger partial charge >= 0.3 is 0 Å². The Hall–Kier alpha value is -0.360. The van der Waals surface area contributed by atoms with E-state index in [4.69, 9.17) is 11.0 Å². The lowest BCUT2D eigenvalue weighted by Crippen LogP contribution is -2.25. The maximum Gasteiger partial charge on any atom is 0.270 e. The molecule has 0 aromatic rings. The van der Waals surface area contributed by atoms with Crippen molar-refractivity contribution < 1.29 is 28.5 Å². The molecule has 0 aromatic carbocycles. The van der Waals surface area contributed by atoms with E-state index in [1.54, 1.807) is 27.7 Å². The van der Waals surface area contributed by atoms with Crippen molar-refractivity contribution in [2.75, 3.05) is 0 Å². The highest BCUT2D eigenvalue weighted by Gasteiger charge is 2.36. The topological polar surface area (TPSA) is 161 Å². The molecule has 0 saturated carbocycles. The van der Waals surface area contributed by atoms with E-state index < -0.39 is 25.4 Å². The maximum absolute atomic E-state index is 11.8. The zero-order valence-electron chi connectivity index (χ0n) is 15.5. The molecule has 25 heavy (non-hydrogen) atoms. The summed E-state index contributed by atoms with van der Waals surface area (Å²) >= 11 is 0. The highest BCUT2D eigenvalue weighted by Crippen LogP contribution is 2.50. The highest BCUT2D eigenvalue weighted by molar-refractivity contribution is 7.57. The molecule has 148 valence electrons. The van der Waals surface area contributed by atoms with Crippen LogP contribution in [0.5, 0.6) is 0 Å². The number of ketones is 2. The normalized spacial score (nSPS) is 17.6. The van der Waals surface area contributed by atoms with Gasteiger partial charge in [0.25, 0.3) is 15.0 Å². The molecule has 2 atom stereocenters. The minimum Gasteiger partial charge on any atom is -0.333 e. The zero-order chi connectivity index (χ0) is 20.1. The Morgan fingerprint density at radius 1 is 0.760 bits per heavy atom. The molecule has 0 aliphatic carbocycles. The average Bonchev–Trinajstić information content (AvgIpc) is 2.40. The number of carbonyl (C=O) groups is 2. The largest absolute Gasteiger partial charge is 0.333 e. The summed E-state index contributed by atoms with van der Waals surface area (Å²) in [6.07, 6.45) is 1.49. The van der Waals surface area contributed by atoms with Gasteiger partial charge in [0.05, 0.1) is 10.3 Å². The van der Waals surface area contributed by atoms with Crippen molar-refractivity contribution in [3.8, 4) is 0 Å². The van der Waals surface area contributed by atoms with E-state index in [-0.39, 0.29) is 50.1 Å². The zero-order valence-corrected chi connectivity index (χ0v) is 17.3. The van der Waals surface area contributed by atoms with Crippen LogP contribution in [0, 0.1) is 0 Å². The summed E-state index contributed by atoms with van der Waals surface area (Å²) in [6, 6.07) is 0. The molecule has 6 N–H and O–H groups in total. The van der Waals surface area contributed by atoms with Gasteiger partial charge in [-0.05, 0) is 47.0 Å². The monoisotopic (exact) mass is 398 g/mol. The third-order valence-electron chi connectivity index (χ3n) is 4.68. The lowest BCUT2D eigenvalue weighted by Gasteiger charge is -2.26. The van der Waals surface area contributed by atoms with Crippen molar-refractivity contribution in [1.29, 1.82) is 0 Å². The predicted octanol–water partition coefficient (Wildman–Crippen LogP) is 2.70. The second-order valence-corrected chi connectivity index (χ2v) is 12.7. The fourth-order valence-corrected chi connectivity index (χ4v) is 2.81. The smallest absolute Gasteiger partial charge is 0.270 e. The molecule has 0 heterocycles. The molecule has 0 aromatic heterocycles. The first-order chi connectivity index (χ1) is 11.0. The van der Waals surface area contributed by atoms with Crippen molar-refractivity contribution in [2.45, 2.75) is 83.0 Å². The molecule has 0 spiro atoms. The van der Waals surface area contributed by atoms with E-state index in [9.17, 15) is 28.5 Å². The van der Waals surface area contributed by atoms with E-state index in [1.807, 2.05) is 0 Å². The van der Waals surface area contributed by atoms with E-state index in [2.05, 4.69) is 0 Å². The Balaban J connectivity index is 4.16. The molecule has 0 aliphatic heterocycles. The summed E-state index contributed by atoms with van der Waals surface area (Å²) in [5.41, 5.74) is 10.5. The first-order valence-electron chi connectivity index (χ1n) is 8.26. The second kappa shape index (κ2) is 9.03. The molecule has 10 heteroatoms. The number of hydrogen-bond donors (Lipinski definition) is 4. The summed E-state index contributed by atoms with van der Waals surface area (Å²) in [4.78, 5) is 42.5. The number of nitrogens with two attached hydrogens (primary N) is 2. The first kappa shape index (κ1) is 24.6. The van der Waals surface area contributed by atoms with Crippen LogP contribution in [0.2, 0.25) is 0 Å². The standard InChI is InChI=1S/C15H32N2O6P2/c1-14(2,24(16,20)21)10-8-12(18)6-5-7-13(19)9-11-15(3,4)25(17,22)23/h5-11H2,1-4H3,(H3,16,20,21)(H3,17,22,23). The van der Waals surface area contributed by atoms with E-state index >= 15 is 0 Å². The predicted molar refractivity (Wildman–Crippen MR) is 98.5 cm³/mol. The molecular weight excluding hydrogens is 366 g/mol. The summed E-state index contributed by atoms with van der Waals surface area (Å²) in [5, 5.41) is -2.05. The van der Waals surface area contributed by atoms with Crippen LogP contribution in [-0.2, 0) is 18.7 Å². The maximum atomic E-state index is 11.8. The third-order valence-corrected chi connectivity index (χ3v) is 8.59. The van der Waals surface area contributed by atoms with Gasteiger partial charge in [0.1, 0.15) is 11.6 Å². The second-order valence-electron chi connectivity index (χ2n) is 7.80.